The maximum absolute atomic E-state index is 6.10. The predicted molar refractivity (Wildman–Crippen MR) is 71.9 cm³/mol. The van der Waals surface area contributed by atoms with Crippen molar-refractivity contribution in [3.8, 4) is 5.75 Å². The molecule has 0 heterocycles. The molecule has 4 nitrogen and oxygen atoms in total. The van der Waals surface area contributed by atoms with E-state index in [1.807, 2.05) is 24.3 Å². The molecule has 0 amide bonds. The van der Waals surface area contributed by atoms with Gasteiger partial charge in [-0.2, -0.15) is 0 Å². The number of nitrogens with two attached hydrogens (primary N) is 1. The zero-order valence-corrected chi connectivity index (χ0v) is 11.2. The van der Waals surface area contributed by atoms with Gasteiger partial charge in [0.15, 0.2) is 0 Å². The van der Waals surface area contributed by atoms with Gasteiger partial charge >= 0.3 is 0 Å². The highest BCUT2D eigenvalue weighted by molar-refractivity contribution is 5.35. The van der Waals surface area contributed by atoms with Gasteiger partial charge in [-0.05, 0) is 12.5 Å². The fourth-order valence-corrected chi connectivity index (χ4v) is 1.57. The van der Waals surface area contributed by atoms with Crippen LogP contribution in [0.3, 0.4) is 0 Å². The summed E-state index contributed by atoms with van der Waals surface area (Å²) in [6.45, 7) is 4.39. The number of para-hydroxylation sites is 1. The van der Waals surface area contributed by atoms with Gasteiger partial charge < -0.3 is 19.9 Å². The van der Waals surface area contributed by atoms with Gasteiger partial charge in [0.05, 0.1) is 32.5 Å². The summed E-state index contributed by atoms with van der Waals surface area (Å²) in [7, 11) is 1.65. The van der Waals surface area contributed by atoms with Gasteiger partial charge in [-0.1, -0.05) is 25.1 Å². The molecule has 0 saturated heterocycles. The van der Waals surface area contributed by atoms with Gasteiger partial charge in [-0.3, -0.25) is 0 Å². The Labute approximate surface area is 109 Å². The van der Waals surface area contributed by atoms with Crippen molar-refractivity contribution in [2.45, 2.75) is 19.4 Å². The number of ether oxygens (including phenoxy) is 3. The van der Waals surface area contributed by atoms with Crippen molar-refractivity contribution in [3.63, 3.8) is 0 Å². The highest BCUT2D eigenvalue weighted by Gasteiger charge is 2.11. The van der Waals surface area contributed by atoms with Crippen LogP contribution in [0.4, 0.5) is 0 Å². The van der Waals surface area contributed by atoms with Crippen molar-refractivity contribution >= 4 is 0 Å². The van der Waals surface area contributed by atoms with Gasteiger partial charge in [0, 0.05) is 12.7 Å². The van der Waals surface area contributed by atoms with Crippen molar-refractivity contribution in [2.75, 3.05) is 33.5 Å². The average molecular weight is 253 g/mol. The van der Waals surface area contributed by atoms with E-state index in [0.717, 1.165) is 17.7 Å². The molecular weight excluding hydrogens is 230 g/mol. The van der Waals surface area contributed by atoms with E-state index >= 15 is 0 Å². The Morgan fingerprint density at radius 2 is 1.94 bits per heavy atom. The molecule has 1 atom stereocenters. The first-order chi connectivity index (χ1) is 8.79. The summed E-state index contributed by atoms with van der Waals surface area (Å²) in [5.74, 6) is 0.849. The van der Waals surface area contributed by atoms with Gasteiger partial charge in [-0.25, -0.2) is 0 Å². The fraction of sp³-hybridized carbons (Fsp3) is 0.571. The van der Waals surface area contributed by atoms with Crippen LogP contribution in [0.15, 0.2) is 24.3 Å². The Bertz CT molecular complexity index is 331. The predicted octanol–water partition coefficient (Wildman–Crippen LogP) is 2.14. The second kappa shape index (κ2) is 8.91. The van der Waals surface area contributed by atoms with Crippen molar-refractivity contribution < 1.29 is 14.2 Å². The third-order valence-corrected chi connectivity index (χ3v) is 2.51. The molecule has 102 valence electrons. The van der Waals surface area contributed by atoms with E-state index in [9.17, 15) is 0 Å². The first kappa shape index (κ1) is 15.0. The number of hydrogen-bond acceptors (Lipinski definition) is 4. The van der Waals surface area contributed by atoms with E-state index in [4.69, 9.17) is 19.9 Å². The van der Waals surface area contributed by atoms with Crippen molar-refractivity contribution in [2.24, 2.45) is 5.73 Å². The first-order valence-corrected chi connectivity index (χ1v) is 6.33. The van der Waals surface area contributed by atoms with Crippen LogP contribution < -0.4 is 10.5 Å². The Morgan fingerprint density at radius 1 is 1.17 bits per heavy atom. The van der Waals surface area contributed by atoms with Crippen molar-refractivity contribution in [1.82, 2.24) is 0 Å². The van der Waals surface area contributed by atoms with Crippen LogP contribution in [0.2, 0.25) is 0 Å². The average Bonchev–Trinajstić information content (AvgIpc) is 2.41. The van der Waals surface area contributed by atoms with Gasteiger partial charge in [-0.15, -0.1) is 0 Å². The Morgan fingerprint density at radius 3 is 2.67 bits per heavy atom. The standard InChI is InChI=1S/C14H23NO3/c1-3-8-18-14-7-5-4-6-12(14)13(15)11-17-10-9-16-2/h4-7,13H,3,8-11,15H2,1-2H3. The molecule has 18 heavy (non-hydrogen) atoms. The smallest absolute Gasteiger partial charge is 0.124 e. The van der Waals surface area contributed by atoms with Gasteiger partial charge in [0.25, 0.3) is 0 Å². The summed E-state index contributed by atoms with van der Waals surface area (Å²) in [6, 6.07) is 7.67. The maximum Gasteiger partial charge on any atom is 0.124 e. The highest BCUT2D eigenvalue weighted by Crippen LogP contribution is 2.23. The molecule has 0 bridgehead atoms. The van der Waals surface area contributed by atoms with Crippen LogP contribution in [0, 0.1) is 0 Å². The van der Waals surface area contributed by atoms with E-state index in [-0.39, 0.29) is 6.04 Å². The number of methoxy groups -OCH3 is 1. The van der Waals surface area contributed by atoms with E-state index in [1.54, 1.807) is 7.11 Å². The second-order valence-electron chi connectivity index (χ2n) is 4.06. The Hall–Kier alpha value is -1.10. The highest BCUT2D eigenvalue weighted by atomic mass is 16.5. The third-order valence-electron chi connectivity index (χ3n) is 2.51. The van der Waals surface area contributed by atoms with Crippen LogP contribution >= 0.6 is 0 Å². The van der Waals surface area contributed by atoms with E-state index in [2.05, 4.69) is 6.92 Å². The number of hydrogen-bond donors (Lipinski definition) is 1. The summed E-state index contributed by atoms with van der Waals surface area (Å²) in [4.78, 5) is 0. The minimum atomic E-state index is -0.171. The molecule has 0 aliphatic heterocycles. The van der Waals surface area contributed by atoms with Crippen LogP contribution in [-0.2, 0) is 9.47 Å². The summed E-state index contributed by atoms with van der Waals surface area (Å²) in [5, 5.41) is 0. The number of rotatable bonds is 9. The molecule has 2 N–H and O–H groups in total. The summed E-state index contributed by atoms with van der Waals surface area (Å²) in [6.07, 6.45) is 0.980. The van der Waals surface area contributed by atoms with E-state index in [1.165, 1.54) is 0 Å². The summed E-state index contributed by atoms with van der Waals surface area (Å²) in [5.41, 5.74) is 7.09. The normalized spacial score (nSPS) is 12.4. The van der Waals surface area contributed by atoms with Crippen LogP contribution in [0.5, 0.6) is 5.75 Å². The summed E-state index contributed by atoms with van der Waals surface area (Å²) < 4.78 is 16.0. The van der Waals surface area contributed by atoms with Gasteiger partial charge in [0.2, 0.25) is 0 Å². The van der Waals surface area contributed by atoms with E-state index in [0.29, 0.717) is 26.4 Å². The molecule has 0 radical (unpaired) electrons. The largest absolute Gasteiger partial charge is 0.493 e. The zero-order valence-electron chi connectivity index (χ0n) is 11.2. The topological polar surface area (TPSA) is 53.7 Å². The molecule has 0 fully saturated rings. The van der Waals surface area contributed by atoms with Crippen molar-refractivity contribution in [3.05, 3.63) is 29.8 Å². The summed E-state index contributed by atoms with van der Waals surface area (Å²) >= 11 is 0. The lowest BCUT2D eigenvalue weighted by Gasteiger charge is -2.16. The lowest BCUT2D eigenvalue weighted by Crippen LogP contribution is -2.19. The molecule has 1 rings (SSSR count). The minimum Gasteiger partial charge on any atom is -0.493 e. The molecule has 0 aliphatic rings. The third kappa shape index (κ3) is 5.04. The number of benzene rings is 1. The molecule has 0 saturated carbocycles. The SMILES string of the molecule is CCCOc1ccccc1C(N)COCCOC. The quantitative estimate of drug-likeness (QED) is 0.685. The van der Waals surface area contributed by atoms with E-state index < -0.39 is 0 Å². The van der Waals surface area contributed by atoms with Gasteiger partial charge in [0.1, 0.15) is 5.75 Å². The molecule has 0 spiro atoms. The zero-order chi connectivity index (χ0) is 13.2. The van der Waals surface area contributed by atoms with Crippen LogP contribution in [-0.4, -0.2) is 33.5 Å². The molecule has 4 heteroatoms. The first-order valence-electron chi connectivity index (χ1n) is 6.33. The minimum absolute atomic E-state index is 0.171. The molecule has 0 aliphatic carbocycles. The molecule has 1 aromatic rings. The van der Waals surface area contributed by atoms with Crippen molar-refractivity contribution in [1.29, 1.82) is 0 Å². The second-order valence-corrected chi connectivity index (χ2v) is 4.06. The molecule has 1 aromatic carbocycles. The molecule has 0 aromatic heterocycles. The Kier molecular flexibility index (Phi) is 7.41. The monoisotopic (exact) mass is 253 g/mol. The molecule has 1 unspecified atom stereocenters. The fourth-order valence-electron chi connectivity index (χ4n) is 1.57. The van der Waals surface area contributed by atoms with Crippen LogP contribution in [0.1, 0.15) is 24.9 Å². The van der Waals surface area contributed by atoms with Crippen LogP contribution in [0.25, 0.3) is 0 Å². The molecular formula is C14H23NO3. The Balaban J connectivity index is 2.52. The maximum atomic E-state index is 6.10. The lowest BCUT2D eigenvalue weighted by atomic mass is 10.1. The lowest BCUT2D eigenvalue weighted by molar-refractivity contribution is 0.0632.